The molecule has 6 heteroatoms. The van der Waals surface area contributed by atoms with Crippen molar-refractivity contribution in [1.29, 1.82) is 5.41 Å². The van der Waals surface area contributed by atoms with Gasteiger partial charge in [0.05, 0.1) is 27.0 Å². The minimum atomic E-state index is 0.126. The number of rotatable bonds is 5. The van der Waals surface area contributed by atoms with E-state index in [0.29, 0.717) is 17.0 Å². The number of nitrogens with zero attached hydrogens (tertiary/aromatic N) is 3. The highest BCUT2D eigenvalue weighted by Gasteiger charge is 2.22. The molecular weight excluding hydrogens is 717 g/mol. The lowest BCUT2D eigenvalue weighted by atomic mass is 9.95. The smallest absolute Gasteiger partial charge is 0.165 e. The van der Waals surface area contributed by atoms with E-state index >= 15 is 0 Å². The highest BCUT2D eigenvalue weighted by molar-refractivity contribution is 7.26. The fraction of sp³-hybridized carbons (Fsp3) is 0. The SMILES string of the molecule is N=C(/N=C(\N=C\c1ccccc1)c1cccc2c1oc1cccc(-c3cccc4sc5c(-n6c7ccccc7c7ccccc76)cccc5c34)c12)c1ccccc1. The monoisotopic (exact) mass is 748 g/mol. The first-order chi connectivity index (χ1) is 28.2. The van der Waals surface area contributed by atoms with Crippen molar-refractivity contribution in [3.63, 3.8) is 0 Å². The van der Waals surface area contributed by atoms with Crippen LogP contribution in [0.5, 0.6) is 0 Å². The Hall–Kier alpha value is -7.41. The fourth-order valence-electron chi connectivity index (χ4n) is 8.26. The number of furan rings is 1. The van der Waals surface area contributed by atoms with E-state index in [9.17, 15) is 0 Å². The van der Waals surface area contributed by atoms with Gasteiger partial charge in [0.2, 0.25) is 0 Å². The Balaban J connectivity index is 1.12. The highest BCUT2D eigenvalue weighted by atomic mass is 32.1. The molecule has 8 aromatic carbocycles. The van der Waals surface area contributed by atoms with Crippen LogP contribution in [0.3, 0.4) is 0 Å². The van der Waals surface area contributed by atoms with Gasteiger partial charge in [-0.25, -0.2) is 9.98 Å². The predicted octanol–water partition coefficient (Wildman–Crippen LogP) is 13.6. The molecule has 0 aliphatic carbocycles. The number of benzene rings is 8. The molecule has 5 nitrogen and oxygen atoms in total. The van der Waals surface area contributed by atoms with E-state index in [1.807, 2.05) is 90.2 Å². The summed E-state index contributed by atoms with van der Waals surface area (Å²) in [6, 6.07) is 62.6. The number of hydrogen-bond acceptors (Lipinski definition) is 3. The van der Waals surface area contributed by atoms with Gasteiger partial charge >= 0.3 is 0 Å². The van der Waals surface area contributed by atoms with Gasteiger partial charge in [0.1, 0.15) is 11.2 Å². The van der Waals surface area contributed by atoms with Gasteiger partial charge in [-0.05, 0) is 53.1 Å². The van der Waals surface area contributed by atoms with Crippen LogP contribution in [0.2, 0.25) is 0 Å². The molecule has 57 heavy (non-hydrogen) atoms. The maximum absolute atomic E-state index is 8.93. The molecule has 1 N–H and O–H groups in total. The number of amidine groups is 2. The van der Waals surface area contributed by atoms with Crippen molar-refractivity contribution >= 4 is 93.1 Å². The zero-order valence-corrected chi connectivity index (χ0v) is 31.4. The summed E-state index contributed by atoms with van der Waals surface area (Å²) in [6.45, 7) is 0. The number of hydrogen-bond donors (Lipinski definition) is 1. The van der Waals surface area contributed by atoms with Crippen LogP contribution in [0.25, 0.3) is 80.7 Å². The lowest BCUT2D eigenvalue weighted by molar-refractivity contribution is 0.668. The normalized spacial score (nSPS) is 12.3. The number of aliphatic imine (C=N–C) groups is 2. The number of thiophene rings is 1. The van der Waals surface area contributed by atoms with E-state index in [4.69, 9.17) is 19.8 Å². The Morgan fingerprint density at radius 3 is 1.95 bits per heavy atom. The Morgan fingerprint density at radius 2 is 1.18 bits per heavy atom. The lowest BCUT2D eigenvalue weighted by Gasteiger charge is -2.10. The molecule has 0 aliphatic heterocycles. The number of fused-ring (bicyclic) bond motifs is 9. The fourth-order valence-corrected chi connectivity index (χ4v) is 9.50. The molecule has 0 aliphatic rings. The van der Waals surface area contributed by atoms with E-state index in [1.165, 1.54) is 47.7 Å². The molecule has 0 saturated heterocycles. The zero-order valence-electron chi connectivity index (χ0n) is 30.6. The quantitative estimate of drug-likeness (QED) is 0.138. The first-order valence-corrected chi connectivity index (χ1v) is 19.7. The Morgan fingerprint density at radius 1 is 0.561 bits per heavy atom. The Kier molecular flexibility index (Phi) is 7.76. The second-order valence-electron chi connectivity index (χ2n) is 14.1. The van der Waals surface area contributed by atoms with E-state index in [2.05, 4.69) is 108 Å². The van der Waals surface area contributed by atoms with Gasteiger partial charge in [-0.1, -0.05) is 146 Å². The molecule has 0 atom stereocenters. The second-order valence-corrected chi connectivity index (χ2v) is 15.1. The summed E-state index contributed by atoms with van der Waals surface area (Å²) in [5.74, 6) is 0.531. The van der Waals surface area contributed by atoms with Crippen molar-refractivity contribution in [2.75, 3.05) is 0 Å². The average molecular weight is 749 g/mol. The zero-order chi connectivity index (χ0) is 37.9. The molecule has 3 heterocycles. The summed E-state index contributed by atoms with van der Waals surface area (Å²) in [6.07, 6.45) is 1.79. The molecule has 0 spiro atoms. The third kappa shape index (κ3) is 5.41. The third-order valence-corrected chi connectivity index (χ3v) is 12.0. The van der Waals surface area contributed by atoms with Crippen molar-refractivity contribution in [2.45, 2.75) is 0 Å². The molecule has 268 valence electrons. The summed E-state index contributed by atoms with van der Waals surface area (Å²) < 4.78 is 11.7. The van der Waals surface area contributed by atoms with Crippen molar-refractivity contribution in [1.82, 2.24) is 4.57 Å². The Labute approximate surface area is 331 Å². The van der Waals surface area contributed by atoms with Crippen LogP contribution < -0.4 is 0 Å². The Bertz CT molecular complexity index is 3370. The largest absolute Gasteiger partial charge is 0.455 e. The maximum Gasteiger partial charge on any atom is 0.165 e. The minimum Gasteiger partial charge on any atom is -0.455 e. The van der Waals surface area contributed by atoms with Gasteiger partial charge in [-0.15, -0.1) is 11.3 Å². The van der Waals surface area contributed by atoms with Crippen LogP contribution in [0.1, 0.15) is 16.7 Å². The molecule has 0 saturated carbocycles. The summed E-state index contributed by atoms with van der Waals surface area (Å²) in [7, 11) is 0. The molecule has 3 aromatic heterocycles. The summed E-state index contributed by atoms with van der Waals surface area (Å²) in [5.41, 5.74) is 9.65. The van der Waals surface area contributed by atoms with Gasteiger partial charge in [0.25, 0.3) is 0 Å². The van der Waals surface area contributed by atoms with Crippen molar-refractivity contribution < 1.29 is 4.42 Å². The summed E-state index contributed by atoms with van der Waals surface area (Å²) in [4.78, 5) is 9.70. The topological polar surface area (TPSA) is 66.6 Å². The van der Waals surface area contributed by atoms with Crippen LogP contribution in [0.4, 0.5) is 0 Å². The van der Waals surface area contributed by atoms with Gasteiger partial charge in [-0.2, -0.15) is 0 Å². The molecule has 0 unspecified atom stereocenters. The average Bonchev–Trinajstić information content (AvgIpc) is 3.96. The molecule has 0 radical (unpaired) electrons. The minimum absolute atomic E-state index is 0.126. The lowest BCUT2D eigenvalue weighted by Crippen LogP contribution is -2.05. The molecule has 0 bridgehead atoms. The molecule has 11 aromatic rings. The van der Waals surface area contributed by atoms with Gasteiger partial charge in [0, 0.05) is 48.8 Å². The standard InChI is InChI=1S/C51H32N4OS/c52-50(33-17-5-2-6-18-33)54-51(53-31-32-15-3-1-4-16-32)40-25-11-23-38-46-36(21-13-29-44(46)56-48(38)40)37-22-14-30-45-47(37)39-24-12-28-43(49(39)57-45)55-41-26-9-7-19-34(41)35-20-8-10-27-42(35)55/h1-31,52H/b52-50?,53-31+,54-51-. The molecule has 0 amide bonds. The molecule has 11 rings (SSSR count). The first kappa shape index (κ1) is 33.0. The maximum atomic E-state index is 8.93. The van der Waals surface area contributed by atoms with Gasteiger partial charge in [-0.3, -0.25) is 5.41 Å². The summed E-state index contributed by atoms with van der Waals surface area (Å²) in [5, 5.41) is 15.9. The van der Waals surface area contributed by atoms with Gasteiger partial charge < -0.3 is 8.98 Å². The number of aromatic nitrogens is 1. The number of para-hydroxylation sites is 3. The van der Waals surface area contributed by atoms with Crippen LogP contribution in [0, 0.1) is 5.41 Å². The molecular formula is C51H32N4OS. The first-order valence-electron chi connectivity index (χ1n) is 18.9. The highest BCUT2D eigenvalue weighted by Crippen LogP contribution is 2.46. The number of nitrogens with one attached hydrogen (secondary N) is 1. The van der Waals surface area contributed by atoms with E-state index in [-0.39, 0.29) is 5.84 Å². The van der Waals surface area contributed by atoms with Crippen LogP contribution in [0.15, 0.2) is 196 Å². The van der Waals surface area contributed by atoms with Crippen molar-refractivity contribution in [3.05, 3.63) is 199 Å². The van der Waals surface area contributed by atoms with Gasteiger partial charge in [0.15, 0.2) is 11.7 Å². The van der Waals surface area contributed by atoms with Crippen LogP contribution in [-0.2, 0) is 0 Å². The van der Waals surface area contributed by atoms with E-state index < -0.39 is 0 Å². The van der Waals surface area contributed by atoms with Crippen molar-refractivity contribution in [2.24, 2.45) is 9.98 Å². The molecule has 0 fully saturated rings. The second kappa shape index (κ2) is 13.4. The van der Waals surface area contributed by atoms with Crippen LogP contribution in [-0.4, -0.2) is 22.5 Å². The van der Waals surface area contributed by atoms with E-state index in [0.717, 1.165) is 38.6 Å². The summed E-state index contributed by atoms with van der Waals surface area (Å²) >= 11 is 1.84. The predicted molar refractivity (Wildman–Crippen MR) is 240 cm³/mol. The third-order valence-electron chi connectivity index (χ3n) is 10.8. The van der Waals surface area contributed by atoms with E-state index in [1.54, 1.807) is 6.21 Å². The van der Waals surface area contributed by atoms with Crippen LogP contribution >= 0.6 is 11.3 Å². The van der Waals surface area contributed by atoms with Crippen molar-refractivity contribution in [3.8, 4) is 16.8 Å².